The second kappa shape index (κ2) is 13.0. The largest absolute Gasteiger partial charge is 0.461 e. The standard InChI is InChI=1S/C29H27BrO7/c1-18-4-10-21(11-5-18)27(32)35-17-24(30)26(37-29(34)23-14-8-20(3)9-15-23)25(16-31)36-28(33)22-12-6-19(2)7-13-22/h4-16,24-26H,17H2,1-3H3/t24-,25-,26+/m1/s1. The summed E-state index contributed by atoms with van der Waals surface area (Å²) in [7, 11) is 0. The molecule has 0 unspecified atom stereocenters. The number of carbonyl (C=O) groups is 4. The predicted octanol–water partition coefficient (Wildman–Crippen LogP) is 5.18. The summed E-state index contributed by atoms with van der Waals surface area (Å²) in [6.45, 7) is 5.39. The van der Waals surface area contributed by atoms with Gasteiger partial charge in [-0.05, 0) is 57.2 Å². The van der Waals surface area contributed by atoms with E-state index in [1.54, 1.807) is 72.8 Å². The topological polar surface area (TPSA) is 96.0 Å². The van der Waals surface area contributed by atoms with Crippen LogP contribution in [-0.4, -0.2) is 47.8 Å². The number of hydrogen-bond donors (Lipinski definition) is 0. The number of esters is 3. The van der Waals surface area contributed by atoms with Crippen molar-refractivity contribution in [3.63, 3.8) is 0 Å². The highest BCUT2D eigenvalue weighted by atomic mass is 79.9. The average Bonchev–Trinajstić information content (AvgIpc) is 2.90. The zero-order chi connectivity index (χ0) is 26.9. The van der Waals surface area contributed by atoms with E-state index in [-0.39, 0.29) is 17.7 Å². The molecule has 0 amide bonds. The Morgan fingerprint density at radius 1 is 0.676 bits per heavy atom. The Labute approximate surface area is 223 Å². The molecule has 0 aromatic heterocycles. The van der Waals surface area contributed by atoms with Gasteiger partial charge in [0, 0.05) is 0 Å². The second-order valence-electron chi connectivity index (χ2n) is 8.59. The first-order chi connectivity index (χ1) is 17.7. The highest BCUT2D eigenvalue weighted by molar-refractivity contribution is 9.09. The lowest BCUT2D eigenvalue weighted by Crippen LogP contribution is -2.44. The molecule has 192 valence electrons. The number of rotatable bonds is 10. The van der Waals surface area contributed by atoms with Gasteiger partial charge < -0.3 is 14.2 Å². The number of ether oxygens (including phenoxy) is 3. The van der Waals surface area contributed by atoms with Crippen molar-refractivity contribution in [1.82, 2.24) is 0 Å². The zero-order valence-electron chi connectivity index (χ0n) is 20.7. The number of hydrogen-bond acceptors (Lipinski definition) is 7. The van der Waals surface area contributed by atoms with Gasteiger partial charge in [0.2, 0.25) is 0 Å². The van der Waals surface area contributed by atoms with Crippen LogP contribution in [-0.2, 0) is 19.0 Å². The minimum absolute atomic E-state index is 0.234. The van der Waals surface area contributed by atoms with Gasteiger partial charge in [-0.25, -0.2) is 14.4 Å². The van der Waals surface area contributed by atoms with Gasteiger partial charge in [-0.2, -0.15) is 0 Å². The van der Waals surface area contributed by atoms with Crippen molar-refractivity contribution in [3.8, 4) is 0 Å². The summed E-state index contributed by atoms with van der Waals surface area (Å²) in [6.07, 6.45) is -2.37. The van der Waals surface area contributed by atoms with Gasteiger partial charge in [-0.1, -0.05) is 69.0 Å². The van der Waals surface area contributed by atoms with Crippen LogP contribution in [0.4, 0.5) is 0 Å². The molecule has 7 nitrogen and oxygen atoms in total. The van der Waals surface area contributed by atoms with E-state index in [1.807, 2.05) is 20.8 Å². The average molecular weight is 567 g/mol. The van der Waals surface area contributed by atoms with Crippen LogP contribution >= 0.6 is 15.9 Å². The van der Waals surface area contributed by atoms with Crippen molar-refractivity contribution >= 4 is 40.1 Å². The molecule has 0 aliphatic carbocycles. The Hall–Kier alpha value is -3.78. The molecule has 3 aromatic rings. The quantitative estimate of drug-likeness (QED) is 0.144. The van der Waals surface area contributed by atoms with Crippen LogP contribution in [0.5, 0.6) is 0 Å². The van der Waals surface area contributed by atoms with E-state index in [9.17, 15) is 19.2 Å². The summed E-state index contributed by atoms with van der Waals surface area (Å²) in [5.74, 6) is -2.07. The Morgan fingerprint density at radius 2 is 1.05 bits per heavy atom. The highest BCUT2D eigenvalue weighted by Crippen LogP contribution is 2.20. The van der Waals surface area contributed by atoms with E-state index in [0.717, 1.165) is 16.7 Å². The van der Waals surface area contributed by atoms with Crippen molar-refractivity contribution in [3.05, 3.63) is 106 Å². The normalized spacial score (nSPS) is 13.1. The molecule has 0 aliphatic heterocycles. The smallest absolute Gasteiger partial charge is 0.338 e. The van der Waals surface area contributed by atoms with Crippen LogP contribution in [0.25, 0.3) is 0 Å². The molecular weight excluding hydrogens is 540 g/mol. The number of benzene rings is 3. The molecule has 3 atom stereocenters. The lowest BCUT2D eigenvalue weighted by Gasteiger charge is -2.27. The molecule has 3 aromatic carbocycles. The fourth-order valence-electron chi connectivity index (χ4n) is 3.30. The van der Waals surface area contributed by atoms with E-state index in [4.69, 9.17) is 14.2 Å². The Bertz CT molecular complexity index is 1230. The first kappa shape index (κ1) is 27.8. The van der Waals surface area contributed by atoms with Gasteiger partial charge in [-0.15, -0.1) is 0 Å². The van der Waals surface area contributed by atoms with E-state index >= 15 is 0 Å². The predicted molar refractivity (Wildman–Crippen MR) is 141 cm³/mol. The highest BCUT2D eigenvalue weighted by Gasteiger charge is 2.36. The van der Waals surface area contributed by atoms with E-state index < -0.39 is 34.9 Å². The molecule has 0 N–H and O–H groups in total. The van der Waals surface area contributed by atoms with Gasteiger partial charge in [0.05, 0.1) is 21.5 Å². The van der Waals surface area contributed by atoms with Gasteiger partial charge in [0.25, 0.3) is 0 Å². The summed E-state index contributed by atoms with van der Waals surface area (Å²) in [5.41, 5.74) is 3.72. The SMILES string of the molecule is Cc1ccc(C(=O)OC[C@@H](Br)[C@H](OC(=O)c2ccc(C)cc2)[C@@H](C=O)OC(=O)c2ccc(C)cc2)cc1. The Balaban J connectivity index is 1.78. The third-order valence-corrected chi connectivity index (χ3v) is 6.32. The summed E-state index contributed by atoms with van der Waals surface area (Å²) in [6, 6.07) is 20.1. The molecular formula is C29H27BrO7. The molecule has 3 rings (SSSR count). The fourth-order valence-corrected chi connectivity index (χ4v) is 3.85. The lowest BCUT2D eigenvalue weighted by molar-refractivity contribution is -0.122. The molecule has 0 aliphatic rings. The minimum Gasteiger partial charge on any atom is -0.461 e. The molecule has 0 saturated carbocycles. The number of carbonyl (C=O) groups excluding carboxylic acids is 4. The first-order valence-corrected chi connectivity index (χ1v) is 12.5. The number of aryl methyl sites for hydroxylation is 3. The summed E-state index contributed by atoms with van der Waals surface area (Å²) >= 11 is 3.36. The zero-order valence-corrected chi connectivity index (χ0v) is 22.3. The van der Waals surface area contributed by atoms with Crippen molar-refractivity contribution < 1.29 is 33.4 Å². The van der Waals surface area contributed by atoms with Crippen molar-refractivity contribution in [2.24, 2.45) is 0 Å². The maximum absolute atomic E-state index is 12.9. The van der Waals surface area contributed by atoms with Crippen molar-refractivity contribution in [2.45, 2.75) is 37.8 Å². The number of alkyl halides is 1. The molecule has 8 heteroatoms. The van der Waals surface area contributed by atoms with Crippen LogP contribution in [0, 0.1) is 20.8 Å². The molecule has 0 heterocycles. The van der Waals surface area contributed by atoms with Crippen molar-refractivity contribution in [2.75, 3.05) is 6.61 Å². The summed E-state index contributed by atoms with van der Waals surface area (Å²) in [5, 5.41) is 0. The molecule has 0 bridgehead atoms. The van der Waals surface area contributed by atoms with Gasteiger partial charge in [-0.3, -0.25) is 4.79 Å². The van der Waals surface area contributed by atoms with Gasteiger partial charge >= 0.3 is 17.9 Å². The van der Waals surface area contributed by atoms with E-state index in [1.165, 1.54) is 0 Å². The van der Waals surface area contributed by atoms with Crippen LogP contribution < -0.4 is 0 Å². The maximum Gasteiger partial charge on any atom is 0.338 e. The van der Waals surface area contributed by atoms with Gasteiger partial charge in [0.1, 0.15) is 6.61 Å². The summed E-state index contributed by atoms with van der Waals surface area (Å²) in [4.78, 5) is 49.2. The lowest BCUT2D eigenvalue weighted by atomic mass is 10.1. The van der Waals surface area contributed by atoms with Gasteiger partial charge in [0.15, 0.2) is 18.5 Å². The third kappa shape index (κ3) is 7.85. The van der Waals surface area contributed by atoms with Crippen LogP contribution in [0.1, 0.15) is 47.8 Å². The fraction of sp³-hybridized carbons (Fsp3) is 0.241. The second-order valence-corrected chi connectivity index (χ2v) is 9.76. The first-order valence-electron chi connectivity index (χ1n) is 11.6. The minimum atomic E-state index is -1.47. The number of aldehydes is 1. The van der Waals surface area contributed by atoms with Crippen molar-refractivity contribution in [1.29, 1.82) is 0 Å². The summed E-state index contributed by atoms with van der Waals surface area (Å²) < 4.78 is 16.4. The molecule has 0 spiro atoms. The Morgan fingerprint density at radius 3 is 1.46 bits per heavy atom. The van der Waals surface area contributed by atoms with Crippen LogP contribution in [0.2, 0.25) is 0 Å². The van der Waals surface area contributed by atoms with E-state index in [0.29, 0.717) is 11.8 Å². The maximum atomic E-state index is 12.9. The Kier molecular flexibility index (Phi) is 9.74. The third-order valence-electron chi connectivity index (χ3n) is 5.54. The molecule has 37 heavy (non-hydrogen) atoms. The molecule has 0 radical (unpaired) electrons. The monoisotopic (exact) mass is 566 g/mol. The molecule has 0 saturated heterocycles. The van der Waals surface area contributed by atoms with E-state index in [2.05, 4.69) is 15.9 Å². The number of halogens is 1. The molecule has 0 fully saturated rings. The van der Waals surface area contributed by atoms with Crippen LogP contribution in [0.15, 0.2) is 72.8 Å². The van der Waals surface area contributed by atoms with Crippen LogP contribution in [0.3, 0.4) is 0 Å².